The second kappa shape index (κ2) is 3.96. The Morgan fingerprint density at radius 2 is 2.00 bits per heavy atom. The Labute approximate surface area is 96.2 Å². The first-order chi connectivity index (χ1) is 7.47. The van der Waals surface area contributed by atoms with Crippen molar-refractivity contribution in [2.45, 2.75) is 33.2 Å². The summed E-state index contributed by atoms with van der Waals surface area (Å²) in [5.74, 6) is -0.192. The number of nitrogens with one attached hydrogen (secondary N) is 2. The van der Waals surface area contributed by atoms with Gasteiger partial charge in [-0.3, -0.25) is 0 Å². The molecule has 3 heteroatoms. The van der Waals surface area contributed by atoms with E-state index >= 15 is 0 Å². The van der Waals surface area contributed by atoms with E-state index in [1.54, 1.807) is 12.1 Å². The summed E-state index contributed by atoms with van der Waals surface area (Å²) in [4.78, 5) is 0. The van der Waals surface area contributed by atoms with Gasteiger partial charge in [0.25, 0.3) is 0 Å². The molecule has 0 radical (unpaired) electrons. The molecule has 0 saturated carbocycles. The van der Waals surface area contributed by atoms with E-state index in [0.717, 1.165) is 24.3 Å². The van der Waals surface area contributed by atoms with Crippen molar-refractivity contribution in [2.75, 3.05) is 17.2 Å². The average Bonchev–Trinajstić information content (AvgIpc) is 2.38. The van der Waals surface area contributed by atoms with Crippen molar-refractivity contribution in [3.63, 3.8) is 0 Å². The number of anilines is 2. The van der Waals surface area contributed by atoms with Gasteiger partial charge < -0.3 is 10.6 Å². The van der Waals surface area contributed by atoms with Gasteiger partial charge in [0.05, 0.1) is 11.4 Å². The highest BCUT2D eigenvalue weighted by atomic mass is 19.1. The summed E-state index contributed by atoms with van der Waals surface area (Å²) >= 11 is 0. The molecule has 1 unspecified atom stereocenters. The van der Waals surface area contributed by atoms with Crippen LogP contribution in [0.2, 0.25) is 0 Å². The molecular weight excluding hydrogens is 203 g/mol. The average molecular weight is 222 g/mol. The quantitative estimate of drug-likeness (QED) is 0.702. The minimum Gasteiger partial charge on any atom is -0.383 e. The maximum Gasteiger partial charge on any atom is 0.125 e. The van der Waals surface area contributed by atoms with Crippen LogP contribution >= 0.6 is 0 Å². The number of rotatable bonds is 0. The molecule has 0 aromatic heterocycles. The Kier molecular flexibility index (Phi) is 2.78. The van der Waals surface area contributed by atoms with Crippen molar-refractivity contribution in [1.82, 2.24) is 0 Å². The molecule has 0 saturated heterocycles. The van der Waals surface area contributed by atoms with Gasteiger partial charge in [0, 0.05) is 12.6 Å². The van der Waals surface area contributed by atoms with Crippen molar-refractivity contribution in [3.8, 4) is 0 Å². The maximum atomic E-state index is 13.2. The lowest BCUT2D eigenvalue weighted by atomic mass is 9.85. The second-order valence-electron chi connectivity index (χ2n) is 5.47. The van der Waals surface area contributed by atoms with Crippen LogP contribution in [0.3, 0.4) is 0 Å². The molecule has 0 spiro atoms. The topological polar surface area (TPSA) is 24.1 Å². The predicted octanol–water partition coefficient (Wildman–Crippen LogP) is 3.47. The van der Waals surface area contributed by atoms with Crippen LogP contribution in [0, 0.1) is 11.2 Å². The molecule has 0 bridgehead atoms. The predicted molar refractivity (Wildman–Crippen MR) is 66.4 cm³/mol. The smallest absolute Gasteiger partial charge is 0.125 e. The van der Waals surface area contributed by atoms with Gasteiger partial charge in [-0.05, 0) is 30.0 Å². The molecular formula is C13H19FN2. The van der Waals surface area contributed by atoms with Crippen LogP contribution in [0.1, 0.15) is 27.2 Å². The second-order valence-corrected chi connectivity index (χ2v) is 5.47. The van der Waals surface area contributed by atoms with Crippen molar-refractivity contribution in [1.29, 1.82) is 0 Å². The van der Waals surface area contributed by atoms with Crippen LogP contribution in [0.5, 0.6) is 0 Å². The fourth-order valence-corrected chi connectivity index (χ4v) is 2.05. The van der Waals surface area contributed by atoms with Gasteiger partial charge in [-0.2, -0.15) is 0 Å². The summed E-state index contributed by atoms with van der Waals surface area (Å²) < 4.78 is 13.2. The number of benzene rings is 1. The van der Waals surface area contributed by atoms with E-state index in [9.17, 15) is 4.39 Å². The van der Waals surface area contributed by atoms with E-state index in [2.05, 4.69) is 31.4 Å². The molecule has 0 amide bonds. The molecule has 88 valence electrons. The van der Waals surface area contributed by atoms with Crippen molar-refractivity contribution >= 4 is 11.4 Å². The SMILES string of the molecule is CC(C)(C)C1CCNc2ccc(F)cc2N1. The summed E-state index contributed by atoms with van der Waals surface area (Å²) in [6, 6.07) is 5.21. The van der Waals surface area contributed by atoms with Gasteiger partial charge in [-0.25, -0.2) is 4.39 Å². The summed E-state index contributed by atoms with van der Waals surface area (Å²) in [5, 5.41) is 6.76. The number of fused-ring (bicyclic) bond motifs is 1. The van der Waals surface area contributed by atoms with Crippen LogP contribution in [-0.2, 0) is 0 Å². The Hall–Kier alpha value is -1.25. The van der Waals surface area contributed by atoms with Crippen molar-refractivity contribution in [3.05, 3.63) is 24.0 Å². The van der Waals surface area contributed by atoms with Crippen molar-refractivity contribution < 1.29 is 4.39 Å². The van der Waals surface area contributed by atoms with E-state index < -0.39 is 0 Å². The van der Waals surface area contributed by atoms with Crippen LogP contribution < -0.4 is 10.6 Å². The van der Waals surface area contributed by atoms with E-state index in [4.69, 9.17) is 0 Å². The number of halogens is 1. The maximum absolute atomic E-state index is 13.2. The minimum absolute atomic E-state index is 0.176. The lowest BCUT2D eigenvalue weighted by Crippen LogP contribution is -2.34. The molecule has 1 aliphatic rings. The molecule has 1 aromatic rings. The van der Waals surface area contributed by atoms with Gasteiger partial charge in [0.2, 0.25) is 0 Å². The monoisotopic (exact) mass is 222 g/mol. The summed E-state index contributed by atoms with van der Waals surface area (Å²) in [6.07, 6.45) is 1.04. The molecule has 0 fully saturated rings. The summed E-state index contributed by atoms with van der Waals surface area (Å²) in [6.45, 7) is 7.53. The molecule has 2 N–H and O–H groups in total. The molecule has 0 aliphatic carbocycles. The zero-order valence-corrected chi connectivity index (χ0v) is 10.1. The zero-order valence-electron chi connectivity index (χ0n) is 10.1. The lowest BCUT2D eigenvalue weighted by molar-refractivity contribution is 0.332. The minimum atomic E-state index is -0.192. The standard InChI is InChI=1S/C13H19FN2/c1-13(2,3)12-6-7-15-10-5-4-9(14)8-11(10)16-12/h4-5,8,12,15-16H,6-7H2,1-3H3. The largest absolute Gasteiger partial charge is 0.383 e. The van der Waals surface area contributed by atoms with Gasteiger partial charge >= 0.3 is 0 Å². The fourth-order valence-electron chi connectivity index (χ4n) is 2.05. The third kappa shape index (κ3) is 2.29. The van der Waals surface area contributed by atoms with Crippen LogP contribution in [-0.4, -0.2) is 12.6 Å². The van der Waals surface area contributed by atoms with E-state index in [1.165, 1.54) is 6.07 Å². The normalized spacial score (nSPS) is 20.4. The summed E-state index contributed by atoms with van der Waals surface area (Å²) in [7, 11) is 0. The van der Waals surface area contributed by atoms with E-state index in [0.29, 0.717) is 6.04 Å². The molecule has 1 heterocycles. The van der Waals surface area contributed by atoms with Crippen molar-refractivity contribution in [2.24, 2.45) is 5.41 Å². The van der Waals surface area contributed by atoms with Gasteiger partial charge in [-0.15, -0.1) is 0 Å². The van der Waals surface area contributed by atoms with Crippen LogP contribution in [0.4, 0.5) is 15.8 Å². The Balaban J connectivity index is 2.29. The van der Waals surface area contributed by atoms with E-state index in [-0.39, 0.29) is 11.2 Å². The van der Waals surface area contributed by atoms with Crippen LogP contribution in [0.15, 0.2) is 18.2 Å². The third-order valence-corrected chi connectivity index (χ3v) is 3.11. The number of hydrogen-bond acceptors (Lipinski definition) is 2. The third-order valence-electron chi connectivity index (χ3n) is 3.11. The molecule has 1 atom stereocenters. The molecule has 1 aliphatic heterocycles. The highest BCUT2D eigenvalue weighted by Gasteiger charge is 2.26. The Bertz CT molecular complexity index is 382. The molecule has 1 aromatic carbocycles. The summed E-state index contributed by atoms with van der Waals surface area (Å²) in [5.41, 5.74) is 2.04. The molecule has 2 nitrogen and oxygen atoms in total. The van der Waals surface area contributed by atoms with Gasteiger partial charge in [0.1, 0.15) is 5.82 Å². The highest BCUT2D eigenvalue weighted by molar-refractivity contribution is 5.70. The zero-order chi connectivity index (χ0) is 11.8. The fraction of sp³-hybridized carbons (Fsp3) is 0.538. The van der Waals surface area contributed by atoms with Gasteiger partial charge in [-0.1, -0.05) is 20.8 Å². The Morgan fingerprint density at radius 3 is 2.69 bits per heavy atom. The lowest BCUT2D eigenvalue weighted by Gasteiger charge is -2.31. The van der Waals surface area contributed by atoms with Gasteiger partial charge in [0.15, 0.2) is 0 Å². The molecule has 16 heavy (non-hydrogen) atoms. The molecule has 2 rings (SSSR count). The first-order valence-electron chi connectivity index (χ1n) is 5.77. The first-order valence-corrected chi connectivity index (χ1v) is 5.77. The highest BCUT2D eigenvalue weighted by Crippen LogP contribution is 2.32. The first kappa shape index (κ1) is 11.2. The van der Waals surface area contributed by atoms with E-state index in [1.807, 2.05) is 0 Å². The Morgan fingerprint density at radius 1 is 1.25 bits per heavy atom. The number of hydrogen-bond donors (Lipinski definition) is 2. The van der Waals surface area contributed by atoms with Crippen LogP contribution in [0.25, 0.3) is 0 Å².